The van der Waals surface area contributed by atoms with E-state index in [0.717, 1.165) is 39.3 Å². The van der Waals surface area contributed by atoms with Gasteiger partial charge in [-0.15, -0.1) is 0 Å². The van der Waals surface area contributed by atoms with Crippen LogP contribution in [0.15, 0.2) is 24.3 Å². The third kappa shape index (κ3) is 4.03. The minimum Gasteiger partial charge on any atom is -0.465 e. The number of hydrogen-bond donors (Lipinski definition) is 1. The molecule has 0 radical (unpaired) electrons. The van der Waals surface area contributed by atoms with E-state index >= 15 is 0 Å². The second kappa shape index (κ2) is 7.38. The Morgan fingerprint density at radius 3 is 2.30 bits per heavy atom. The summed E-state index contributed by atoms with van der Waals surface area (Å²) < 4.78 is 4.69. The first-order chi connectivity index (χ1) is 9.72. The zero-order chi connectivity index (χ0) is 14.4. The summed E-state index contributed by atoms with van der Waals surface area (Å²) >= 11 is 0. The summed E-state index contributed by atoms with van der Waals surface area (Å²) in [5.41, 5.74) is 1.79. The molecule has 5 heteroatoms. The quantitative estimate of drug-likeness (QED) is 0.799. The van der Waals surface area contributed by atoms with Crippen molar-refractivity contribution >= 4 is 5.97 Å². The van der Waals surface area contributed by atoms with E-state index in [-0.39, 0.29) is 12.6 Å². The molecule has 0 aromatic heterocycles. The lowest BCUT2D eigenvalue weighted by molar-refractivity contribution is 0.0600. The van der Waals surface area contributed by atoms with Crippen LogP contribution >= 0.6 is 0 Å². The SMILES string of the molecule is COC(=O)c1ccc(CN2CCN(CCO)CC2)cc1. The smallest absolute Gasteiger partial charge is 0.337 e. The summed E-state index contributed by atoms with van der Waals surface area (Å²) in [5.74, 6) is -0.297. The maximum atomic E-state index is 11.4. The summed E-state index contributed by atoms with van der Waals surface area (Å²) in [5, 5.41) is 8.92. The number of methoxy groups -OCH3 is 1. The van der Waals surface area contributed by atoms with Crippen LogP contribution in [0.25, 0.3) is 0 Å². The molecule has 1 fully saturated rings. The van der Waals surface area contributed by atoms with Crippen LogP contribution in [0.2, 0.25) is 0 Å². The molecule has 5 nitrogen and oxygen atoms in total. The number of β-amino-alcohol motifs (C(OH)–C–C–N with tert-alkyl or cyclic N) is 1. The summed E-state index contributed by atoms with van der Waals surface area (Å²) in [6.45, 7) is 5.92. The normalized spacial score (nSPS) is 17.1. The van der Waals surface area contributed by atoms with Crippen LogP contribution in [0.4, 0.5) is 0 Å². The van der Waals surface area contributed by atoms with Crippen LogP contribution in [0.3, 0.4) is 0 Å². The molecule has 1 aromatic rings. The predicted molar refractivity (Wildman–Crippen MR) is 76.6 cm³/mol. The molecule has 0 unspecified atom stereocenters. The van der Waals surface area contributed by atoms with Gasteiger partial charge in [0.2, 0.25) is 0 Å². The molecular formula is C15H22N2O3. The van der Waals surface area contributed by atoms with Gasteiger partial charge in [0, 0.05) is 39.3 Å². The van der Waals surface area contributed by atoms with Crippen LogP contribution < -0.4 is 0 Å². The van der Waals surface area contributed by atoms with Gasteiger partial charge in [0.15, 0.2) is 0 Å². The summed E-state index contributed by atoms with van der Waals surface area (Å²) in [6, 6.07) is 7.57. The number of carbonyl (C=O) groups excluding carboxylic acids is 1. The number of nitrogens with zero attached hydrogens (tertiary/aromatic N) is 2. The fraction of sp³-hybridized carbons (Fsp3) is 0.533. The van der Waals surface area contributed by atoms with E-state index in [1.165, 1.54) is 12.7 Å². The molecule has 0 bridgehead atoms. The van der Waals surface area contributed by atoms with Crippen molar-refractivity contribution in [2.75, 3.05) is 46.4 Å². The van der Waals surface area contributed by atoms with Gasteiger partial charge >= 0.3 is 5.97 Å². The standard InChI is InChI=1S/C15H22N2O3/c1-20-15(19)14-4-2-13(3-5-14)12-17-8-6-16(7-9-17)10-11-18/h2-5,18H,6-12H2,1H3. The van der Waals surface area contributed by atoms with Crippen LogP contribution in [0.5, 0.6) is 0 Å². The number of rotatable bonds is 5. The predicted octanol–water partition coefficient (Wildman–Crippen LogP) is 0.583. The molecule has 1 heterocycles. The van der Waals surface area contributed by atoms with Gasteiger partial charge in [0.1, 0.15) is 0 Å². The van der Waals surface area contributed by atoms with E-state index in [1.54, 1.807) is 0 Å². The third-order valence-electron chi connectivity index (χ3n) is 3.66. The molecule has 0 atom stereocenters. The van der Waals surface area contributed by atoms with Crippen molar-refractivity contribution in [2.45, 2.75) is 6.54 Å². The molecule has 1 saturated heterocycles. The van der Waals surface area contributed by atoms with Gasteiger partial charge in [0.25, 0.3) is 0 Å². The molecule has 0 aliphatic carbocycles. The summed E-state index contributed by atoms with van der Waals surface area (Å²) in [4.78, 5) is 16.0. The average Bonchev–Trinajstić information content (AvgIpc) is 2.49. The Balaban J connectivity index is 1.84. The molecule has 0 amide bonds. The van der Waals surface area contributed by atoms with Gasteiger partial charge in [-0.25, -0.2) is 4.79 Å². The Kier molecular flexibility index (Phi) is 5.52. The van der Waals surface area contributed by atoms with Crippen molar-refractivity contribution in [1.29, 1.82) is 0 Å². The lowest BCUT2D eigenvalue weighted by Crippen LogP contribution is -2.46. The zero-order valence-corrected chi connectivity index (χ0v) is 11.9. The largest absolute Gasteiger partial charge is 0.465 e. The molecule has 110 valence electrons. The summed E-state index contributed by atoms with van der Waals surface area (Å²) in [7, 11) is 1.39. The molecule has 0 spiro atoms. The van der Waals surface area contributed by atoms with E-state index < -0.39 is 0 Å². The lowest BCUT2D eigenvalue weighted by Gasteiger charge is -2.34. The molecule has 1 aromatic carbocycles. The molecule has 1 aliphatic rings. The molecule has 20 heavy (non-hydrogen) atoms. The number of ether oxygens (including phenoxy) is 1. The van der Waals surface area contributed by atoms with E-state index in [0.29, 0.717) is 5.56 Å². The first-order valence-corrected chi connectivity index (χ1v) is 6.96. The third-order valence-corrected chi connectivity index (χ3v) is 3.66. The minimum absolute atomic E-state index is 0.231. The van der Waals surface area contributed by atoms with Gasteiger partial charge in [-0.1, -0.05) is 12.1 Å². The van der Waals surface area contributed by atoms with Crippen LogP contribution in [-0.4, -0.2) is 67.3 Å². The Morgan fingerprint density at radius 2 is 1.75 bits per heavy atom. The molecule has 2 rings (SSSR count). The number of hydrogen-bond acceptors (Lipinski definition) is 5. The lowest BCUT2D eigenvalue weighted by atomic mass is 10.1. The first-order valence-electron chi connectivity index (χ1n) is 6.96. The number of benzene rings is 1. The first kappa shape index (κ1) is 15.0. The number of piperazine rings is 1. The maximum absolute atomic E-state index is 11.4. The second-order valence-corrected chi connectivity index (χ2v) is 5.03. The van der Waals surface area contributed by atoms with Crippen LogP contribution in [-0.2, 0) is 11.3 Å². The number of esters is 1. The monoisotopic (exact) mass is 278 g/mol. The highest BCUT2D eigenvalue weighted by atomic mass is 16.5. The number of aliphatic hydroxyl groups is 1. The highest BCUT2D eigenvalue weighted by molar-refractivity contribution is 5.89. The highest BCUT2D eigenvalue weighted by Crippen LogP contribution is 2.10. The van der Waals surface area contributed by atoms with Gasteiger partial charge in [-0.2, -0.15) is 0 Å². The molecular weight excluding hydrogens is 256 g/mol. The van der Waals surface area contributed by atoms with E-state index in [9.17, 15) is 4.79 Å². The Morgan fingerprint density at radius 1 is 1.15 bits per heavy atom. The van der Waals surface area contributed by atoms with Gasteiger partial charge in [-0.3, -0.25) is 9.80 Å². The molecule has 1 aliphatic heterocycles. The van der Waals surface area contributed by atoms with Crippen molar-refractivity contribution in [3.05, 3.63) is 35.4 Å². The van der Waals surface area contributed by atoms with E-state index in [2.05, 4.69) is 14.5 Å². The topological polar surface area (TPSA) is 53.0 Å². The van der Waals surface area contributed by atoms with E-state index in [1.807, 2.05) is 24.3 Å². The number of aliphatic hydroxyl groups excluding tert-OH is 1. The fourth-order valence-corrected chi connectivity index (χ4v) is 2.43. The fourth-order valence-electron chi connectivity index (χ4n) is 2.43. The Labute approximate surface area is 119 Å². The van der Waals surface area contributed by atoms with Gasteiger partial charge in [-0.05, 0) is 17.7 Å². The number of carbonyl (C=O) groups is 1. The van der Waals surface area contributed by atoms with E-state index in [4.69, 9.17) is 5.11 Å². The van der Waals surface area contributed by atoms with Gasteiger partial charge in [0.05, 0.1) is 19.3 Å². The van der Waals surface area contributed by atoms with Gasteiger partial charge < -0.3 is 9.84 Å². The van der Waals surface area contributed by atoms with Crippen molar-refractivity contribution in [3.63, 3.8) is 0 Å². The minimum atomic E-state index is -0.297. The average molecular weight is 278 g/mol. The second-order valence-electron chi connectivity index (χ2n) is 5.03. The Hall–Kier alpha value is -1.43. The molecule has 1 N–H and O–H groups in total. The Bertz CT molecular complexity index is 425. The van der Waals surface area contributed by atoms with Crippen molar-refractivity contribution in [2.24, 2.45) is 0 Å². The molecule has 0 saturated carbocycles. The highest BCUT2D eigenvalue weighted by Gasteiger charge is 2.16. The van der Waals surface area contributed by atoms with Crippen molar-refractivity contribution in [1.82, 2.24) is 9.80 Å². The van der Waals surface area contributed by atoms with Crippen molar-refractivity contribution in [3.8, 4) is 0 Å². The van der Waals surface area contributed by atoms with Crippen LogP contribution in [0, 0.1) is 0 Å². The van der Waals surface area contributed by atoms with Crippen LogP contribution in [0.1, 0.15) is 15.9 Å². The zero-order valence-electron chi connectivity index (χ0n) is 11.9. The maximum Gasteiger partial charge on any atom is 0.337 e. The van der Waals surface area contributed by atoms with Crippen molar-refractivity contribution < 1.29 is 14.6 Å². The summed E-state index contributed by atoms with van der Waals surface area (Å²) in [6.07, 6.45) is 0.